The zero-order valence-electron chi connectivity index (χ0n) is 15.2. The van der Waals surface area contributed by atoms with Crippen molar-refractivity contribution in [2.24, 2.45) is 28.6 Å². The third kappa shape index (κ3) is 2.03. The number of ketones is 1. The van der Waals surface area contributed by atoms with Gasteiger partial charge in [-0.25, -0.2) is 0 Å². The monoisotopic (exact) mass is 330 g/mol. The van der Waals surface area contributed by atoms with Gasteiger partial charge in [-0.3, -0.25) is 4.79 Å². The van der Waals surface area contributed by atoms with Gasteiger partial charge in [0.05, 0.1) is 12.4 Å². The van der Waals surface area contributed by atoms with Crippen LogP contribution < -0.4 is 0 Å². The van der Waals surface area contributed by atoms with Gasteiger partial charge in [-0.05, 0) is 79.6 Å². The van der Waals surface area contributed by atoms with E-state index in [1.54, 1.807) is 0 Å². The normalized spacial score (nSPS) is 49.4. The van der Waals surface area contributed by atoms with Crippen LogP contribution in [0.4, 0.5) is 0 Å². The van der Waals surface area contributed by atoms with E-state index in [1.807, 2.05) is 13.2 Å². The average Bonchev–Trinajstić information content (AvgIpc) is 2.91. The third-order valence-electron chi connectivity index (χ3n) is 8.27. The second-order valence-electron chi connectivity index (χ2n) is 9.04. The highest BCUT2D eigenvalue weighted by molar-refractivity contribution is 6.05. The van der Waals surface area contributed by atoms with Crippen molar-refractivity contribution in [3.8, 4) is 0 Å². The van der Waals surface area contributed by atoms with E-state index in [0.717, 1.165) is 24.5 Å². The molecule has 0 radical (unpaired) electrons. The van der Waals surface area contributed by atoms with Gasteiger partial charge in [0.25, 0.3) is 0 Å². The summed E-state index contributed by atoms with van der Waals surface area (Å²) in [6.45, 7) is 4.79. The summed E-state index contributed by atoms with van der Waals surface area (Å²) >= 11 is 0. The van der Waals surface area contributed by atoms with E-state index < -0.39 is 0 Å². The molecule has 132 valence electrons. The minimum Gasteiger partial charge on any atom is -0.515 e. The molecule has 0 aliphatic heterocycles. The van der Waals surface area contributed by atoms with Crippen LogP contribution in [0.5, 0.6) is 0 Å². The number of methoxy groups -OCH3 is 1. The summed E-state index contributed by atoms with van der Waals surface area (Å²) in [6.07, 6.45) is 11.2. The van der Waals surface area contributed by atoms with Crippen molar-refractivity contribution >= 4 is 5.78 Å². The fourth-order valence-electron chi connectivity index (χ4n) is 6.99. The lowest BCUT2D eigenvalue weighted by atomic mass is 9.47. The number of aliphatic hydroxyl groups is 1. The Hall–Kier alpha value is -1.09. The number of ether oxygens (including phenoxy) is 1. The molecule has 0 aromatic heterocycles. The number of fused-ring (bicyclic) bond motifs is 5. The van der Waals surface area contributed by atoms with Gasteiger partial charge in [0.1, 0.15) is 0 Å². The first kappa shape index (κ1) is 16.4. The minimum atomic E-state index is 0.0180. The molecule has 0 bridgehead atoms. The fourth-order valence-corrected chi connectivity index (χ4v) is 6.99. The summed E-state index contributed by atoms with van der Waals surface area (Å²) in [4.78, 5) is 12.2. The lowest BCUT2D eigenvalue weighted by Crippen LogP contribution is -2.51. The molecular formula is C21H30O3. The van der Waals surface area contributed by atoms with Crippen molar-refractivity contribution < 1.29 is 14.6 Å². The van der Waals surface area contributed by atoms with Gasteiger partial charge < -0.3 is 9.84 Å². The summed E-state index contributed by atoms with van der Waals surface area (Å²) in [6, 6.07) is 0. The Morgan fingerprint density at radius 1 is 1.21 bits per heavy atom. The summed E-state index contributed by atoms with van der Waals surface area (Å²) in [5, 5.41) is 9.49. The van der Waals surface area contributed by atoms with Crippen LogP contribution in [0.2, 0.25) is 0 Å². The highest BCUT2D eigenvalue weighted by Gasteiger charge is 2.59. The van der Waals surface area contributed by atoms with Crippen LogP contribution in [0.25, 0.3) is 0 Å². The molecule has 0 heterocycles. The van der Waals surface area contributed by atoms with Gasteiger partial charge in [-0.2, -0.15) is 0 Å². The summed E-state index contributed by atoms with van der Waals surface area (Å²) in [5.74, 6) is 2.14. The molecule has 4 aliphatic rings. The largest absolute Gasteiger partial charge is 0.515 e. The quantitative estimate of drug-likeness (QED) is 0.565. The number of allylic oxidation sites excluding steroid dienone is 2. The Balaban J connectivity index is 1.69. The molecule has 0 aromatic rings. The minimum absolute atomic E-state index is 0.0180. The number of rotatable bonds is 1. The van der Waals surface area contributed by atoms with Crippen LogP contribution in [0.15, 0.2) is 23.5 Å². The molecule has 0 unspecified atom stereocenters. The van der Waals surface area contributed by atoms with Crippen molar-refractivity contribution in [3.05, 3.63) is 23.5 Å². The molecule has 0 spiro atoms. The highest BCUT2D eigenvalue weighted by atomic mass is 16.5. The molecule has 3 heteroatoms. The van der Waals surface area contributed by atoms with Crippen LogP contribution >= 0.6 is 0 Å². The zero-order chi connectivity index (χ0) is 17.1. The van der Waals surface area contributed by atoms with Gasteiger partial charge in [-0.15, -0.1) is 0 Å². The van der Waals surface area contributed by atoms with E-state index in [4.69, 9.17) is 4.74 Å². The lowest BCUT2D eigenvalue weighted by Gasteiger charge is -2.58. The Labute approximate surface area is 145 Å². The maximum Gasteiger partial charge on any atom is 0.184 e. The average molecular weight is 330 g/mol. The zero-order valence-corrected chi connectivity index (χ0v) is 15.2. The predicted octanol–water partition coefficient (Wildman–Crippen LogP) is 4.59. The van der Waals surface area contributed by atoms with E-state index in [2.05, 4.69) is 13.8 Å². The maximum absolute atomic E-state index is 12.2. The number of carbonyl (C=O) groups is 1. The first-order chi connectivity index (χ1) is 11.4. The highest BCUT2D eigenvalue weighted by Crippen LogP contribution is 2.65. The van der Waals surface area contributed by atoms with Gasteiger partial charge >= 0.3 is 0 Å². The smallest absolute Gasteiger partial charge is 0.184 e. The molecule has 3 fully saturated rings. The van der Waals surface area contributed by atoms with Crippen LogP contribution in [-0.2, 0) is 9.53 Å². The van der Waals surface area contributed by atoms with Crippen LogP contribution in [0, 0.1) is 28.6 Å². The van der Waals surface area contributed by atoms with Crippen molar-refractivity contribution in [3.63, 3.8) is 0 Å². The fraction of sp³-hybridized carbons (Fsp3) is 0.762. The van der Waals surface area contributed by atoms with E-state index in [-0.39, 0.29) is 11.2 Å². The summed E-state index contributed by atoms with van der Waals surface area (Å²) < 4.78 is 5.85. The standard InChI is InChI=1S/C21H30O3/c1-20-9-8-17-15(16(20)6-7-19(20)24-3)5-4-14-10-18(23)13(12-22)11-21(14,17)2/h10,12,15-17,19,22H,4-9,11H2,1-3H3/b13-12-/t15-,16-,17-,19-,20-,21-/m0/s1. The SMILES string of the molecule is CO[C@H]1CC[C@H]2[C@@H]3CCC4=CC(=O)/C(=C\O)C[C@]4(C)[C@H]3CC[C@]12C. The van der Waals surface area contributed by atoms with Gasteiger partial charge in [0, 0.05) is 12.7 Å². The van der Waals surface area contributed by atoms with E-state index >= 15 is 0 Å². The van der Waals surface area contributed by atoms with Crippen molar-refractivity contribution in [2.75, 3.05) is 7.11 Å². The van der Waals surface area contributed by atoms with E-state index in [9.17, 15) is 9.90 Å². The second kappa shape index (κ2) is 5.45. The first-order valence-electron chi connectivity index (χ1n) is 9.55. The molecule has 3 saturated carbocycles. The molecule has 1 N–H and O–H groups in total. The Morgan fingerprint density at radius 2 is 2.00 bits per heavy atom. The molecule has 0 saturated heterocycles. The van der Waals surface area contributed by atoms with Crippen molar-refractivity contribution in [1.82, 2.24) is 0 Å². The molecule has 4 rings (SSSR count). The van der Waals surface area contributed by atoms with Gasteiger partial charge in [0.2, 0.25) is 0 Å². The molecule has 6 atom stereocenters. The Kier molecular flexibility index (Phi) is 3.72. The van der Waals surface area contributed by atoms with Crippen LogP contribution in [0.3, 0.4) is 0 Å². The molecular weight excluding hydrogens is 300 g/mol. The van der Waals surface area contributed by atoms with E-state index in [0.29, 0.717) is 29.4 Å². The summed E-state index contributed by atoms with van der Waals surface area (Å²) in [5.41, 5.74) is 2.31. The Morgan fingerprint density at radius 3 is 2.71 bits per heavy atom. The number of hydrogen-bond donors (Lipinski definition) is 1. The molecule has 0 amide bonds. The van der Waals surface area contributed by atoms with Gasteiger partial charge in [0.15, 0.2) is 5.78 Å². The maximum atomic E-state index is 12.2. The molecule has 24 heavy (non-hydrogen) atoms. The predicted molar refractivity (Wildman–Crippen MR) is 93.6 cm³/mol. The second-order valence-corrected chi connectivity index (χ2v) is 9.04. The van der Waals surface area contributed by atoms with Crippen LogP contribution in [0.1, 0.15) is 58.8 Å². The molecule has 4 aliphatic carbocycles. The molecule has 0 aromatic carbocycles. The topological polar surface area (TPSA) is 46.5 Å². The number of hydrogen-bond acceptors (Lipinski definition) is 3. The van der Waals surface area contributed by atoms with E-state index in [1.165, 1.54) is 37.7 Å². The third-order valence-corrected chi connectivity index (χ3v) is 8.27. The summed E-state index contributed by atoms with van der Waals surface area (Å²) in [7, 11) is 1.87. The lowest BCUT2D eigenvalue weighted by molar-refractivity contribution is -0.114. The van der Waals surface area contributed by atoms with Crippen LogP contribution in [-0.4, -0.2) is 24.1 Å². The first-order valence-corrected chi connectivity index (χ1v) is 9.55. The van der Waals surface area contributed by atoms with Gasteiger partial charge in [-0.1, -0.05) is 19.4 Å². The van der Waals surface area contributed by atoms with Crippen molar-refractivity contribution in [2.45, 2.75) is 64.9 Å². The number of carbonyl (C=O) groups excluding carboxylic acids is 1. The Bertz CT molecular complexity index is 619. The molecule has 3 nitrogen and oxygen atoms in total. The number of aliphatic hydroxyl groups excluding tert-OH is 1. The van der Waals surface area contributed by atoms with Crippen molar-refractivity contribution in [1.29, 1.82) is 0 Å².